The van der Waals surface area contributed by atoms with Crippen LogP contribution in [0, 0.1) is 0 Å². The maximum absolute atomic E-state index is 11.8. The Bertz CT molecular complexity index is 368. The number of nitrogens with zero attached hydrogens (tertiary/aromatic N) is 2. The van der Waals surface area contributed by atoms with E-state index in [-0.39, 0.29) is 5.91 Å². The van der Waals surface area contributed by atoms with Crippen molar-refractivity contribution in [3.05, 3.63) is 18.2 Å². The van der Waals surface area contributed by atoms with E-state index in [0.717, 1.165) is 18.7 Å². The molecule has 0 aliphatic heterocycles. The molecule has 17 heavy (non-hydrogen) atoms. The molecular weight excluding hydrogens is 216 g/mol. The third-order valence-electron chi connectivity index (χ3n) is 3.17. The van der Waals surface area contributed by atoms with Gasteiger partial charge in [0, 0.05) is 18.4 Å². The molecule has 5 heteroatoms. The van der Waals surface area contributed by atoms with E-state index in [4.69, 9.17) is 0 Å². The fraction of sp³-hybridized carbons (Fsp3) is 0.667. The van der Waals surface area contributed by atoms with Gasteiger partial charge in [-0.2, -0.15) is 0 Å². The van der Waals surface area contributed by atoms with Gasteiger partial charge < -0.3 is 15.2 Å². The molecule has 0 spiro atoms. The van der Waals surface area contributed by atoms with Gasteiger partial charge in [-0.15, -0.1) is 0 Å². The smallest absolute Gasteiger partial charge is 0.240 e. The molecule has 0 saturated heterocycles. The van der Waals surface area contributed by atoms with E-state index in [1.165, 1.54) is 12.8 Å². The Morgan fingerprint density at radius 1 is 1.53 bits per heavy atom. The Hall–Kier alpha value is -1.36. The standard InChI is InChI=1S/C12H20N4O/c1-13-8-11-14-6-7-16(11)9-12(17)15-10-4-2-3-5-10/h6-7,10,13H,2-5,8-9H2,1H3,(H,15,17). The molecule has 1 aromatic rings. The Labute approximate surface area is 102 Å². The summed E-state index contributed by atoms with van der Waals surface area (Å²) in [6, 6.07) is 0.388. The first-order valence-corrected chi connectivity index (χ1v) is 6.23. The second-order valence-electron chi connectivity index (χ2n) is 4.55. The zero-order chi connectivity index (χ0) is 12.1. The molecule has 0 atom stereocenters. The number of aromatic nitrogens is 2. The van der Waals surface area contributed by atoms with Crippen LogP contribution in [0.4, 0.5) is 0 Å². The van der Waals surface area contributed by atoms with Crippen LogP contribution in [-0.4, -0.2) is 28.5 Å². The maximum Gasteiger partial charge on any atom is 0.240 e. The molecule has 0 radical (unpaired) electrons. The summed E-state index contributed by atoms with van der Waals surface area (Å²) in [5.41, 5.74) is 0. The first-order chi connectivity index (χ1) is 8.29. The Balaban J connectivity index is 1.86. The van der Waals surface area contributed by atoms with Crippen LogP contribution in [0.15, 0.2) is 12.4 Å². The summed E-state index contributed by atoms with van der Waals surface area (Å²) >= 11 is 0. The van der Waals surface area contributed by atoms with Gasteiger partial charge >= 0.3 is 0 Å². The Morgan fingerprint density at radius 2 is 2.29 bits per heavy atom. The van der Waals surface area contributed by atoms with Gasteiger partial charge in [-0.1, -0.05) is 12.8 Å². The quantitative estimate of drug-likeness (QED) is 0.789. The molecule has 2 rings (SSSR count). The topological polar surface area (TPSA) is 59.0 Å². The van der Waals surface area contributed by atoms with Gasteiger partial charge in [0.2, 0.25) is 5.91 Å². The third-order valence-corrected chi connectivity index (χ3v) is 3.17. The molecule has 1 aliphatic carbocycles. The largest absolute Gasteiger partial charge is 0.352 e. The minimum atomic E-state index is 0.0900. The predicted molar refractivity (Wildman–Crippen MR) is 65.4 cm³/mol. The van der Waals surface area contributed by atoms with Crippen LogP contribution < -0.4 is 10.6 Å². The summed E-state index contributed by atoms with van der Waals surface area (Å²) in [6.07, 6.45) is 8.30. The van der Waals surface area contributed by atoms with Crippen molar-refractivity contribution in [1.82, 2.24) is 20.2 Å². The highest BCUT2D eigenvalue weighted by molar-refractivity contribution is 5.76. The number of nitrogens with one attached hydrogen (secondary N) is 2. The van der Waals surface area contributed by atoms with E-state index >= 15 is 0 Å². The highest BCUT2D eigenvalue weighted by Gasteiger charge is 2.17. The molecule has 1 fully saturated rings. The number of hydrogen-bond acceptors (Lipinski definition) is 3. The fourth-order valence-corrected chi connectivity index (χ4v) is 2.31. The molecule has 1 saturated carbocycles. The molecule has 0 aromatic carbocycles. The summed E-state index contributed by atoms with van der Waals surface area (Å²) < 4.78 is 1.89. The van der Waals surface area contributed by atoms with Crippen molar-refractivity contribution < 1.29 is 4.79 Å². The highest BCUT2D eigenvalue weighted by Crippen LogP contribution is 2.17. The number of carbonyl (C=O) groups is 1. The zero-order valence-corrected chi connectivity index (χ0v) is 10.3. The molecule has 1 aliphatic rings. The summed E-state index contributed by atoms with van der Waals surface area (Å²) in [5.74, 6) is 0.987. The molecule has 1 heterocycles. The van der Waals surface area contributed by atoms with E-state index in [2.05, 4.69) is 15.6 Å². The summed E-state index contributed by atoms with van der Waals surface area (Å²) in [7, 11) is 1.87. The summed E-state index contributed by atoms with van der Waals surface area (Å²) in [6.45, 7) is 1.05. The Morgan fingerprint density at radius 3 is 3.00 bits per heavy atom. The molecule has 5 nitrogen and oxygen atoms in total. The lowest BCUT2D eigenvalue weighted by Gasteiger charge is -2.13. The Kier molecular flexibility index (Phi) is 4.14. The fourth-order valence-electron chi connectivity index (χ4n) is 2.31. The van der Waals surface area contributed by atoms with Crippen molar-refractivity contribution in [3.8, 4) is 0 Å². The van der Waals surface area contributed by atoms with Crippen molar-refractivity contribution >= 4 is 5.91 Å². The minimum Gasteiger partial charge on any atom is -0.352 e. The molecule has 94 valence electrons. The van der Waals surface area contributed by atoms with Crippen LogP contribution in [0.1, 0.15) is 31.5 Å². The van der Waals surface area contributed by atoms with Crippen molar-refractivity contribution in [2.45, 2.75) is 44.8 Å². The average Bonchev–Trinajstić information content (AvgIpc) is 2.92. The van der Waals surface area contributed by atoms with Crippen LogP contribution in [0.3, 0.4) is 0 Å². The first-order valence-electron chi connectivity index (χ1n) is 6.23. The second-order valence-corrected chi connectivity index (χ2v) is 4.55. The SMILES string of the molecule is CNCc1nccn1CC(=O)NC1CCCC1. The lowest BCUT2D eigenvalue weighted by atomic mass is 10.2. The van der Waals surface area contributed by atoms with Crippen LogP contribution >= 0.6 is 0 Å². The van der Waals surface area contributed by atoms with E-state index in [1.807, 2.05) is 17.8 Å². The molecule has 0 bridgehead atoms. The molecule has 1 aromatic heterocycles. The van der Waals surface area contributed by atoms with Gasteiger partial charge in [-0.05, 0) is 19.9 Å². The van der Waals surface area contributed by atoms with E-state index in [1.54, 1.807) is 6.20 Å². The lowest BCUT2D eigenvalue weighted by molar-refractivity contribution is -0.122. The normalized spacial score (nSPS) is 16.3. The summed E-state index contributed by atoms with van der Waals surface area (Å²) in [5, 5.41) is 6.12. The number of carbonyl (C=O) groups excluding carboxylic acids is 1. The third kappa shape index (κ3) is 3.30. The predicted octanol–water partition coefficient (Wildman–Crippen LogP) is 0.661. The van der Waals surface area contributed by atoms with Crippen molar-refractivity contribution in [2.24, 2.45) is 0 Å². The van der Waals surface area contributed by atoms with E-state index in [0.29, 0.717) is 19.1 Å². The van der Waals surface area contributed by atoms with Crippen molar-refractivity contribution in [2.75, 3.05) is 7.05 Å². The van der Waals surface area contributed by atoms with Gasteiger partial charge in [0.25, 0.3) is 0 Å². The summed E-state index contributed by atoms with van der Waals surface area (Å²) in [4.78, 5) is 16.1. The van der Waals surface area contributed by atoms with Crippen molar-refractivity contribution in [3.63, 3.8) is 0 Å². The lowest BCUT2D eigenvalue weighted by Crippen LogP contribution is -2.35. The molecule has 2 N–H and O–H groups in total. The average molecular weight is 236 g/mol. The maximum atomic E-state index is 11.8. The monoisotopic (exact) mass is 236 g/mol. The van der Waals surface area contributed by atoms with Gasteiger partial charge in [0.1, 0.15) is 12.4 Å². The number of imidazole rings is 1. The van der Waals surface area contributed by atoms with Crippen LogP contribution in [-0.2, 0) is 17.9 Å². The van der Waals surface area contributed by atoms with Gasteiger partial charge in [-0.3, -0.25) is 4.79 Å². The minimum absolute atomic E-state index is 0.0900. The van der Waals surface area contributed by atoms with E-state index < -0.39 is 0 Å². The highest BCUT2D eigenvalue weighted by atomic mass is 16.2. The van der Waals surface area contributed by atoms with Crippen LogP contribution in [0.5, 0.6) is 0 Å². The number of rotatable bonds is 5. The van der Waals surface area contributed by atoms with Gasteiger partial charge in [0.05, 0.1) is 6.54 Å². The second kappa shape index (κ2) is 5.82. The first kappa shape index (κ1) is 12.1. The van der Waals surface area contributed by atoms with Gasteiger partial charge in [-0.25, -0.2) is 4.98 Å². The van der Waals surface area contributed by atoms with Gasteiger partial charge in [0.15, 0.2) is 0 Å². The zero-order valence-electron chi connectivity index (χ0n) is 10.3. The number of hydrogen-bond donors (Lipinski definition) is 2. The molecular formula is C12H20N4O. The van der Waals surface area contributed by atoms with E-state index in [9.17, 15) is 4.79 Å². The number of amides is 1. The van der Waals surface area contributed by atoms with Crippen LogP contribution in [0.25, 0.3) is 0 Å². The molecule has 1 amide bonds. The molecule has 0 unspecified atom stereocenters. The van der Waals surface area contributed by atoms with Crippen LogP contribution in [0.2, 0.25) is 0 Å². The van der Waals surface area contributed by atoms with Crippen molar-refractivity contribution in [1.29, 1.82) is 0 Å².